The Morgan fingerprint density at radius 1 is 0.727 bits per heavy atom. The summed E-state index contributed by atoms with van der Waals surface area (Å²) in [6, 6.07) is 13.6. The first-order chi connectivity index (χ1) is 10.5. The Labute approximate surface area is 127 Å². The number of nitrogens with zero attached hydrogens (tertiary/aromatic N) is 2. The van der Waals surface area contributed by atoms with E-state index in [0.29, 0.717) is 11.4 Å². The molecule has 5 nitrogen and oxygen atoms in total. The molecular weight excluding hydrogens is 280 g/mol. The summed E-state index contributed by atoms with van der Waals surface area (Å²) in [5, 5.41) is 0. The Morgan fingerprint density at radius 2 is 1.09 bits per heavy atom. The lowest BCUT2D eigenvalue weighted by molar-refractivity contribution is -0.116. The van der Waals surface area contributed by atoms with Crippen molar-refractivity contribution in [3.05, 3.63) is 48.5 Å². The van der Waals surface area contributed by atoms with Crippen LogP contribution >= 0.6 is 0 Å². The number of hydrogen-bond donors (Lipinski definition) is 0. The quantitative estimate of drug-likeness (QED) is 0.749. The number of amides is 4. The molecule has 110 valence electrons. The molecule has 0 N–H and O–H groups in total. The van der Waals surface area contributed by atoms with Crippen LogP contribution in [-0.2, 0) is 9.59 Å². The summed E-state index contributed by atoms with van der Waals surface area (Å²) < 4.78 is 0. The van der Waals surface area contributed by atoms with E-state index in [1.807, 2.05) is 24.3 Å². The van der Waals surface area contributed by atoms with Crippen molar-refractivity contribution >= 4 is 29.2 Å². The van der Waals surface area contributed by atoms with E-state index in [9.17, 15) is 14.4 Å². The van der Waals surface area contributed by atoms with Gasteiger partial charge in [0.2, 0.25) is 11.8 Å². The van der Waals surface area contributed by atoms with Crippen molar-refractivity contribution in [2.24, 2.45) is 0 Å². The van der Waals surface area contributed by atoms with Gasteiger partial charge in [-0.05, 0) is 12.1 Å². The highest BCUT2D eigenvalue weighted by Gasteiger charge is 2.35. The van der Waals surface area contributed by atoms with E-state index in [4.69, 9.17) is 0 Å². The molecule has 1 heterocycles. The fraction of sp³-hybridized carbons (Fsp3) is 0.118. The molecule has 0 bridgehead atoms. The van der Waals surface area contributed by atoms with Crippen molar-refractivity contribution in [2.75, 3.05) is 9.80 Å². The highest BCUT2D eigenvalue weighted by Crippen LogP contribution is 2.41. The van der Waals surface area contributed by atoms with E-state index in [-0.39, 0.29) is 0 Å². The zero-order valence-corrected chi connectivity index (χ0v) is 12.2. The molecule has 0 fully saturated rings. The average molecular weight is 294 g/mol. The zero-order chi connectivity index (χ0) is 15.9. The molecule has 2 aromatic rings. The number of hydrogen-bond acceptors (Lipinski definition) is 3. The second-order valence-electron chi connectivity index (χ2n) is 5.03. The number of anilines is 2. The molecule has 0 spiro atoms. The number of urea groups is 1. The van der Waals surface area contributed by atoms with Crippen LogP contribution in [0.25, 0.3) is 11.1 Å². The molecule has 0 saturated carbocycles. The molecule has 1 aliphatic heterocycles. The lowest BCUT2D eigenvalue weighted by Crippen LogP contribution is -2.47. The van der Waals surface area contributed by atoms with Crippen molar-refractivity contribution in [1.82, 2.24) is 0 Å². The molecule has 0 aliphatic carbocycles. The van der Waals surface area contributed by atoms with Crippen LogP contribution in [0.3, 0.4) is 0 Å². The van der Waals surface area contributed by atoms with E-state index >= 15 is 0 Å². The predicted molar refractivity (Wildman–Crippen MR) is 83.6 cm³/mol. The minimum atomic E-state index is -0.655. The smallest absolute Gasteiger partial charge is 0.274 e. The van der Waals surface area contributed by atoms with Gasteiger partial charge in [-0.15, -0.1) is 0 Å². The fourth-order valence-corrected chi connectivity index (χ4v) is 2.71. The van der Waals surface area contributed by atoms with Crippen molar-refractivity contribution in [2.45, 2.75) is 13.8 Å². The van der Waals surface area contributed by atoms with Crippen LogP contribution in [0.2, 0.25) is 0 Å². The Balaban J connectivity index is 2.39. The normalized spacial score (nSPS) is 13.3. The van der Waals surface area contributed by atoms with Gasteiger partial charge in [0, 0.05) is 25.0 Å². The zero-order valence-electron chi connectivity index (χ0n) is 12.2. The topological polar surface area (TPSA) is 57.7 Å². The third kappa shape index (κ3) is 1.98. The van der Waals surface area contributed by atoms with Gasteiger partial charge in [0.05, 0.1) is 11.4 Å². The van der Waals surface area contributed by atoms with Crippen molar-refractivity contribution in [3.8, 4) is 11.1 Å². The number of fused-ring (bicyclic) bond motifs is 3. The third-order valence-corrected chi connectivity index (χ3v) is 3.59. The van der Waals surface area contributed by atoms with Crippen LogP contribution in [-0.4, -0.2) is 17.8 Å². The SMILES string of the molecule is CC(=O)N1C(=O)N(C(C)=O)c2ccccc2-c2ccccc21. The summed E-state index contributed by atoms with van der Waals surface area (Å²) in [5.74, 6) is -0.868. The van der Waals surface area contributed by atoms with Crippen LogP contribution in [0.15, 0.2) is 48.5 Å². The van der Waals surface area contributed by atoms with Gasteiger partial charge in [-0.1, -0.05) is 36.4 Å². The van der Waals surface area contributed by atoms with Gasteiger partial charge >= 0.3 is 6.03 Å². The first-order valence-electron chi connectivity index (χ1n) is 6.86. The summed E-state index contributed by atoms with van der Waals surface area (Å²) in [5.41, 5.74) is 2.45. The molecule has 2 aromatic carbocycles. The Hall–Kier alpha value is -2.95. The van der Waals surface area contributed by atoms with Gasteiger partial charge in [0.15, 0.2) is 0 Å². The minimum absolute atomic E-state index is 0.434. The van der Waals surface area contributed by atoms with Crippen molar-refractivity contribution < 1.29 is 14.4 Å². The van der Waals surface area contributed by atoms with E-state index < -0.39 is 17.8 Å². The third-order valence-electron chi connectivity index (χ3n) is 3.59. The first kappa shape index (κ1) is 14.0. The molecule has 0 radical (unpaired) electrons. The number of benzene rings is 2. The van der Waals surface area contributed by atoms with Crippen LogP contribution in [0.1, 0.15) is 13.8 Å². The standard InChI is InChI=1S/C17H14N2O3/c1-11(20)18-15-9-5-3-7-13(15)14-8-4-6-10-16(14)19(12(2)21)17(18)22/h3-10H,1-2H3. The van der Waals surface area contributed by atoms with Gasteiger partial charge < -0.3 is 0 Å². The van der Waals surface area contributed by atoms with Gasteiger partial charge in [-0.3, -0.25) is 9.59 Å². The lowest BCUT2D eigenvalue weighted by Gasteiger charge is -2.24. The Morgan fingerprint density at radius 3 is 1.45 bits per heavy atom. The van der Waals surface area contributed by atoms with Gasteiger partial charge in [0.25, 0.3) is 0 Å². The number of carbonyl (C=O) groups is 3. The molecule has 1 aliphatic rings. The lowest BCUT2D eigenvalue weighted by atomic mass is 10.0. The number of rotatable bonds is 0. The van der Waals surface area contributed by atoms with E-state index in [1.165, 1.54) is 13.8 Å². The Kier molecular flexibility index (Phi) is 3.25. The van der Waals surface area contributed by atoms with Crippen molar-refractivity contribution in [3.63, 3.8) is 0 Å². The van der Waals surface area contributed by atoms with Crippen molar-refractivity contribution in [1.29, 1.82) is 0 Å². The molecule has 0 saturated heterocycles. The molecule has 4 amide bonds. The number of imide groups is 2. The van der Waals surface area contributed by atoms with E-state index in [1.54, 1.807) is 24.3 Å². The monoisotopic (exact) mass is 294 g/mol. The van der Waals surface area contributed by atoms with Crippen LogP contribution < -0.4 is 9.80 Å². The van der Waals surface area contributed by atoms with Gasteiger partial charge in [-0.2, -0.15) is 0 Å². The van der Waals surface area contributed by atoms with Gasteiger partial charge in [0.1, 0.15) is 0 Å². The van der Waals surface area contributed by atoms with Crippen LogP contribution in [0, 0.1) is 0 Å². The maximum Gasteiger partial charge on any atom is 0.342 e. The summed E-state index contributed by atoms with van der Waals surface area (Å²) in [6.45, 7) is 2.62. The Bertz CT molecular complexity index is 732. The summed E-state index contributed by atoms with van der Waals surface area (Å²) in [7, 11) is 0. The highest BCUT2D eigenvalue weighted by atomic mass is 16.2. The molecule has 0 atom stereocenters. The second-order valence-corrected chi connectivity index (χ2v) is 5.03. The summed E-state index contributed by atoms with van der Waals surface area (Å²) in [6.07, 6.45) is 0. The molecule has 5 heteroatoms. The van der Waals surface area contributed by atoms with Crippen LogP contribution in [0.4, 0.5) is 16.2 Å². The molecule has 22 heavy (non-hydrogen) atoms. The van der Waals surface area contributed by atoms with E-state index in [0.717, 1.165) is 20.9 Å². The molecule has 3 rings (SSSR count). The molecule has 0 aromatic heterocycles. The average Bonchev–Trinajstić information content (AvgIpc) is 2.58. The minimum Gasteiger partial charge on any atom is -0.274 e. The maximum absolute atomic E-state index is 12.8. The number of carbonyl (C=O) groups excluding carboxylic acids is 3. The summed E-state index contributed by atoms with van der Waals surface area (Å²) in [4.78, 5) is 38.9. The summed E-state index contributed by atoms with van der Waals surface area (Å²) >= 11 is 0. The first-order valence-corrected chi connectivity index (χ1v) is 6.86. The van der Waals surface area contributed by atoms with Gasteiger partial charge in [-0.25, -0.2) is 14.6 Å². The molecule has 0 unspecified atom stereocenters. The second kappa shape index (κ2) is 5.11. The number of para-hydroxylation sites is 2. The van der Waals surface area contributed by atoms with Crippen LogP contribution in [0.5, 0.6) is 0 Å². The highest BCUT2D eigenvalue weighted by molar-refractivity contribution is 6.30. The largest absolute Gasteiger partial charge is 0.342 e. The predicted octanol–water partition coefficient (Wildman–Crippen LogP) is 3.19. The maximum atomic E-state index is 12.8. The van der Waals surface area contributed by atoms with E-state index in [2.05, 4.69) is 0 Å². The fourth-order valence-electron chi connectivity index (χ4n) is 2.71. The molecular formula is C17H14N2O3.